The van der Waals surface area contributed by atoms with Gasteiger partial charge in [-0.15, -0.1) is 0 Å². The molecule has 1 N–H and O–H groups in total. The van der Waals surface area contributed by atoms with Gasteiger partial charge >= 0.3 is 5.97 Å². The summed E-state index contributed by atoms with van der Waals surface area (Å²) >= 11 is 0. The predicted molar refractivity (Wildman–Crippen MR) is 106 cm³/mol. The molecule has 0 radical (unpaired) electrons. The van der Waals surface area contributed by atoms with E-state index in [0.29, 0.717) is 0 Å². The van der Waals surface area contributed by atoms with Crippen LogP contribution >= 0.6 is 0 Å². The van der Waals surface area contributed by atoms with Gasteiger partial charge in [0.2, 0.25) is 0 Å². The monoisotopic (exact) mass is 400 g/mol. The molecular weight excluding hydrogens is 372 g/mol. The fourth-order valence-electron chi connectivity index (χ4n) is 4.00. The molecule has 7 heteroatoms. The molecule has 29 heavy (non-hydrogen) atoms. The van der Waals surface area contributed by atoms with Gasteiger partial charge in [-0.2, -0.15) is 0 Å². The van der Waals surface area contributed by atoms with Crippen molar-refractivity contribution in [2.45, 2.75) is 71.1 Å². The van der Waals surface area contributed by atoms with E-state index in [1.165, 1.54) is 13.3 Å². The van der Waals surface area contributed by atoms with Crippen LogP contribution in [0.2, 0.25) is 0 Å². The second kappa shape index (κ2) is 8.76. The molecule has 2 atom stereocenters. The molecule has 1 saturated carbocycles. The van der Waals surface area contributed by atoms with Gasteiger partial charge in [-0.25, -0.2) is 4.79 Å². The van der Waals surface area contributed by atoms with Crippen molar-refractivity contribution in [2.24, 2.45) is 5.92 Å². The number of nitrogens with one attached hydrogen (secondary N) is 1. The van der Waals surface area contributed by atoms with Crippen LogP contribution in [0, 0.1) is 5.92 Å². The zero-order valence-electron chi connectivity index (χ0n) is 17.1. The van der Waals surface area contributed by atoms with E-state index in [0.717, 1.165) is 30.6 Å². The van der Waals surface area contributed by atoms with Gasteiger partial charge in [0.15, 0.2) is 6.10 Å². The average molecular weight is 400 g/mol. The zero-order valence-corrected chi connectivity index (χ0v) is 17.1. The molecule has 156 valence electrons. The first-order valence-corrected chi connectivity index (χ1v) is 10.3. The van der Waals surface area contributed by atoms with Crippen molar-refractivity contribution in [1.29, 1.82) is 0 Å². The van der Waals surface area contributed by atoms with Crippen LogP contribution in [0.25, 0.3) is 0 Å². The van der Waals surface area contributed by atoms with E-state index in [4.69, 9.17) is 4.74 Å². The standard InChI is InChI=1S/C22H28N2O5/c1-13(2)18(24-20(26)16-11-7-8-12-17(16)21(24)27)22(28)29-14(3)19(25)23-15-9-5-4-6-10-15/h7-8,11-15,18H,4-6,9-10H2,1-3H3,(H,23,25)/t14-,18-/m0/s1. The highest BCUT2D eigenvalue weighted by molar-refractivity contribution is 6.22. The van der Waals surface area contributed by atoms with Gasteiger partial charge in [0, 0.05) is 6.04 Å². The first-order chi connectivity index (χ1) is 13.8. The van der Waals surface area contributed by atoms with E-state index in [9.17, 15) is 19.2 Å². The number of carbonyl (C=O) groups is 4. The lowest BCUT2D eigenvalue weighted by molar-refractivity contribution is -0.160. The highest BCUT2D eigenvalue weighted by Gasteiger charge is 2.45. The SMILES string of the molecule is CC(C)[C@@H](C(=O)O[C@@H](C)C(=O)NC1CCCCC1)N1C(=O)c2ccccc2C1=O. The van der Waals surface area contributed by atoms with Crippen molar-refractivity contribution >= 4 is 23.7 Å². The number of fused-ring (bicyclic) bond motifs is 1. The van der Waals surface area contributed by atoms with E-state index in [2.05, 4.69) is 5.32 Å². The van der Waals surface area contributed by atoms with E-state index < -0.39 is 29.9 Å². The summed E-state index contributed by atoms with van der Waals surface area (Å²) in [6.45, 7) is 4.99. The van der Waals surface area contributed by atoms with Crippen molar-refractivity contribution in [3.63, 3.8) is 0 Å². The number of imide groups is 1. The van der Waals surface area contributed by atoms with Crippen LogP contribution in [-0.2, 0) is 14.3 Å². The summed E-state index contributed by atoms with van der Waals surface area (Å²) in [6.07, 6.45) is 4.18. The number of nitrogens with zero attached hydrogens (tertiary/aromatic N) is 1. The number of amides is 3. The largest absolute Gasteiger partial charge is 0.451 e. The van der Waals surface area contributed by atoms with Gasteiger partial charge in [-0.3, -0.25) is 19.3 Å². The van der Waals surface area contributed by atoms with Crippen molar-refractivity contribution in [2.75, 3.05) is 0 Å². The van der Waals surface area contributed by atoms with Gasteiger partial charge in [0.1, 0.15) is 6.04 Å². The van der Waals surface area contributed by atoms with Crippen LogP contribution in [0.1, 0.15) is 73.6 Å². The minimum absolute atomic E-state index is 0.106. The third-order valence-corrected chi connectivity index (χ3v) is 5.59. The Morgan fingerprint density at radius 2 is 1.55 bits per heavy atom. The van der Waals surface area contributed by atoms with Gasteiger partial charge in [-0.05, 0) is 37.8 Å². The molecular formula is C22H28N2O5. The van der Waals surface area contributed by atoms with Crippen molar-refractivity contribution in [1.82, 2.24) is 10.2 Å². The molecule has 1 fully saturated rings. The molecule has 1 aromatic rings. The van der Waals surface area contributed by atoms with E-state index >= 15 is 0 Å². The highest BCUT2D eigenvalue weighted by atomic mass is 16.5. The third kappa shape index (κ3) is 4.33. The molecule has 1 aliphatic heterocycles. The predicted octanol–water partition coefficient (Wildman–Crippen LogP) is 2.69. The summed E-state index contributed by atoms with van der Waals surface area (Å²) in [5, 5.41) is 2.93. The number of rotatable bonds is 6. The molecule has 0 spiro atoms. The Kier molecular flexibility index (Phi) is 6.35. The fraction of sp³-hybridized carbons (Fsp3) is 0.545. The molecule has 1 heterocycles. The van der Waals surface area contributed by atoms with Gasteiger partial charge in [0.25, 0.3) is 17.7 Å². The molecule has 0 bridgehead atoms. The third-order valence-electron chi connectivity index (χ3n) is 5.59. The lowest BCUT2D eigenvalue weighted by Gasteiger charge is -2.29. The topological polar surface area (TPSA) is 92.8 Å². The number of hydrogen-bond acceptors (Lipinski definition) is 5. The first kappa shape index (κ1) is 21.0. The van der Waals surface area contributed by atoms with Crippen molar-refractivity contribution in [3.05, 3.63) is 35.4 Å². The van der Waals surface area contributed by atoms with Crippen LogP contribution in [0.5, 0.6) is 0 Å². The van der Waals surface area contributed by atoms with E-state index in [1.54, 1.807) is 38.1 Å². The van der Waals surface area contributed by atoms with Crippen LogP contribution in [0.3, 0.4) is 0 Å². The molecule has 0 aromatic heterocycles. The molecule has 0 saturated heterocycles. The summed E-state index contributed by atoms with van der Waals surface area (Å²) < 4.78 is 5.39. The van der Waals surface area contributed by atoms with E-state index in [1.807, 2.05) is 0 Å². The Morgan fingerprint density at radius 3 is 2.07 bits per heavy atom. The van der Waals surface area contributed by atoms with Crippen LogP contribution in [-0.4, -0.2) is 46.8 Å². The molecule has 7 nitrogen and oxygen atoms in total. The smallest absolute Gasteiger partial charge is 0.330 e. The van der Waals surface area contributed by atoms with Gasteiger partial charge in [0.05, 0.1) is 11.1 Å². The van der Waals surface area contributed by atoms with Gasteiger partial charge in [-0.1, -0.05) is 45.2 Å². The highest BCUT2D eigenvalue weighted by Crippen LogP contribution is 2.28. The Hall–Kier alpha value is -2.70. The molecule has 1 aliphatic carbocycles. The molecule has 3 amide bonds. The molecule has 1 aromatic carbocycles. The molecule has 2 aliphatic rings. The number of esters is 1. The average Bonchev–Trinajstić information content (AvgIpc) is 2.94. The molecule has 0 unspecified atom stereocenters. The lowest BCUT2D eigenvalue weighted by atomic mass is 9.95. The zero-order chi connectivity index (χ0) is 21.1. The normalized spacial score (nSPS) is 19.1. The maximum absolute atomic E-state index is 12.9. The summed E-state index contributed by atoms with van der Waals surface area (Å²) in [4.78, 5) is 51.8. The second-order valence-corrected chi connectivity index (χ2v) is 8.14. The number of ether oxygens (including phenoxy) is 1. The maximum Gasteiger partial charge on any atom is 0.330 e. The summed E-state index contributed by atoms with van der Waals surface area (Å²) in [5.74, 6) is -2.49. The second-order valence-electron chi connectivity index (χ2n) is 8.14. The maximum atomic E-state index is 12.9. The van der Waals surface area contributed by atoms with E-state index in [-0.39, 0.29) is 29.0 Å². The quantitative estimate of drug-likeness (QED) is 0.585. The van der Waals surface area contributed by atoms with Crippen molar-refractivity contribution in [3.8, 4) is 0 Å². The summed E-state index contributed by atoms with van der Waals surface area (Å²) in [7, 11) is 0. The Bertz CT molecular complexity index is 778. The summed E-state index contributed by atoms with van der Waals surface area (Å²) in [6, 6.07) is 5.50. The Balaban J connectivity index is 1.69. The number of benzene rings is 1. The minimum Gasteiger partial charge on any atom is -0.451 e. The van der Waals surface area contributed by atoms with Crippen LogP contribution < -0.4 is 5.32 Å². The number of carbonyl (C=O) groups excluding carboxylic acids is 4. The van der Waals surface area contributed by atoms with Crippen LogP contribution in [0.15, 0.2) is 24.3 Å². The summed E-state index contributed by atoms with van der Waals surface area (Å²) in [5.41, 5.74) is 0.554. The first-order valence-electron chi connectivity index (χ1n) is 10.3. The lowest BCUT2D eigenvalue weighted by Crippen LogP contribution is -2.51. The number of hydrogen-bond donors (Lipinski definition) is 1. The molecule has 3 rings (SSSR count). The van der Waals surface area contributed by atoms with Gasteiger partial charge < -0.3 is 10.1 Å². The fourth-order valence-corrected chi connectivity index (χ4v) is 4.00. The van der Waals surface area contributed by atoms with Crippen LogP contribution in [0.4, 0.5) is 0 Å². The van der Waals surface area contributed by atoms with Crippen molar-refractivity contribution < 1.29 is 23.9 Å². The Morgan fingerprint density at radius 1 is 1.00 bits per heavy atom. The Labute approximate surface area is 170 Å². The minimum atomic E-state index is -1.09.